The summed E-state index contributed by atoms with van der Waals surface area (Å²) in [5, 5.41) is 4.17. The van der Waals surface area contributed by atoms with Crippen molar-refractivity contribution in [3.05, 3.63) is 77.3 Å². The molecule has 1 amide bonds. The van der Waals surface area contributed by atoms with Crippen molar-refractivity contribution < 1.29 is 4.79 Å². The van der Waals surface area contributed by atoms with Gasteiger partial charge >= 0.3 is 0 Å². The lowest BCUT2D eigenvalue weighted by atomic mass is 9.97. The van der Waals surface area contributed by atoms with Crippen LogP contribution in [0.15, 0.2) is 77.3 Å². The van der Waals surface area contributed by atoms with Gasteiger partial charge in [-0.1, -0.05) is 64.5 Å². The number of amides is 1. The van der Waals surface area contributed by atoms with E-state index in [1.807, 2.05) is 18.2 Å². The molecule has 1 heterocycles. The molecule has 0 spiro atoms. The summed E-state index contributed by atoms with van der Waals surface area (Å²) < 4.78 is 2.29. The molecule has 0 aliphatic heterocycles. The highest BCUT2D eigenvalue weighted by molar-refractivity contribution is 9.10. The minimum absolute atomic E-state index is 0.0674. The summed E-state index contributed by atoms with van der Waals surface area (Å²) in [6, 6.07) is 24.8. The van der Waals surface area contributed by atoms with Gasteiger partial charge in [0.2, 0.25) is 5.91 Å². The van der Waals surface area contributed by atoms with Gasteiger partial charge in [-0.05, 0) is 29.8 Å². The minimum Gasteiger partial charge on any atom is -0.326 e. The standard InChI is InChI=1S/C22H16BrNOS/c1-14(25)24-19-8-4-2-6-17(19)21-18-7-3-5-9-20(18)26-22(21)15-10-12-16(23)13-11-15/h2-13H,1H3,(H,24,25). The van der Waals surface area contributed by atoms with Crippen molar-refractivity contribution in [2.45, 2.75) is 6.92 Å². The zero-order valence-corrected chi connectivity index (χ0v) is 16.5. The van der Waals surface area contributed by atoms with Crippen molar-refractivity contribution in [1.82, 2.24) is 0 Å². The largest absolute Gasteiger partial charge is 0.326 e. The van der Waals surface area contributed by atoms with Crippen molar-refractivity contribution in [1.29, 1.82) is 0 Å². The molecule has 26 heavy (non-hydrogen) atoms. The quantitative estimate of drug-likeness (QED) is 0.380. The molecule has 3 aromatic carbocycles. The van der Waals surface area contributed by atoms with E-state index < -0.39 is 0 Å². The topological polar surface area (TPSA) is 29.1 Å². The predicted molar refractivity (Wildman–Crippen MR) is 115 cm³/mol. The third kappa shape index (κ3) is 3.18. The first-order valence-corrected chi connectivity index (χ1v) is 9.89. The van der Waals surface area contributed by atoms with Crippen LogP contribution in [0.3, 0.4) is 0 Å². The van der Waals surface area contributed by atoms with Gasteiger partial charge in [0.15, 0.2) is 0 Å². The van der Waals surface area contributed by atoms with Crippen LogP contribution in [0, 0.1) is 0 Å². The van der Waals surface area contributed by atoms with Crippen LogP contribution in [0.1, 0.15) is 6.92 Å². The smallest absolute Gasteiger partial charge is 0.221 e. The van der Waals surface area contributed by atoms with Crippen LogP contribution in [0.5, 0.6) is 0 Å². The van der Waals surface area contributed by atoms with Gasteiger partial charge in [0.25, 0.3) is 0 Å². The Morgan fingerprint density at radius 3 is 2.38 bits per heavy atom. The predicted octanol–water partition coefficient (Wildman–Crippen LogP) is 6.96. The summed E-state index contributed by atoms with van der Waals surface area (Å²) in [6.07, 6.45) is 0. The van der Waals surface area contributed by atoms with Crippen LogP contribution < -0.4 is 5.32 Å². The van der Waals surface area contributed by atoms with Crippen molar-refractivity contribution in [2.24, 2.45) is 0 Å². The molecular weight excluding hydrogens is 406 g/mol. The van der Waals surface area contributed by atoms with E-state index in [-0.39, 0.29) is 5.91 Å². The third-order valence-corrected chi connectivity index (χ3v) is 5.96. The number of hydrogen-bond acceptors (Lipinski definition) is 2. The van der Waals surface area contributed by atoms with E-state index in [1.54, 1.807) is 11.3 Å². The number of rotatable bonds is 3. The Hall–Kier alpha value is -2.43. The third-order valence-electron chi connectivity index (χ3n) is 4.21. The minimum atomic E-state index is -0.0674. The molecule has 0 atom stereocenters. The van der Waals surface area contributed by atoms with Crippen molar-refractivity contribution >= 4 is 48.9 Å². The molecule has 4 heteroatoms. The maximum absolute atomic E-state index is 11.7. The highest BCUT2D eigenvalue weighted by Crippen LogP contribution is 2.46. The van der Waals surface area contributed by atoms with Gasteiger partial charge in [-0.25, -0.2) is 0 Å². The van der Waals surface area contributed by atoms with Gasteiger partial charge in [0, 0.05) is 43.2 Å². The molecule has 4 rings (SSSR count). The average molecular weight is 422 g/mol. The molecule has 0 fully saturated rings. The maximum atomic E-state index is 11.7. The summed E-state index contributed by atoms with van der Waals surface area (Å²) in [5.74, 6) is -0.0674. The summed E-state index contributed by atoms with van der Waals surface area (Å²) in [5.41, 5.74) is 4.21. The van der Waals surface area contributed by atoms with E-state index in [2.05, 4.69) is 75.8 Å². The number of hydrogen-bond donors (Lipinski definition) is 1. The molecule has 0 saturated heterocycles. The molecular formula is C22H16BrNOS. The van der Waals surface area contributed by atoms with Gasteiger partial charge in [-0.2, -0.15) is 0 Å². The van der Waals surface area contributed by atoms with Crippen molar-refractivity contribution in [2.75, 3.05) is 5.32 Å². The van der Waals surface area contributed by atoms with E-state index in [0.717, 1.165) is 21.3 Å². The van der Waals surface area contributed by atoms with E-state index >= 15 is 0 Å². The summed E-state index contributed by atoms with van der Waals surface area (Å²) >= 11 is 5.29. The van der Waals surface area contributed by atoms with Gasteiger partial charge in [0.1, 0.15) is 0 Å². The molecule has 1 N–H and O–H groups in total. The number of carbonyl (C=O) groups excluding carboxylic acids is 1. The molecule has 0 aliphatic carbocycles. The molecule has 2 nitrogen and oxygen atoms in total. The van der Waals surface area contributed by atoms with Crippen LogP contribution in [0.2, 0.25) is 0 Å². The highest BCUT2D eigenvalue weighted by Gasteiger charge is 2.18. The fraction of sp³-hybridized carbons (Fsp3) is 0.0455. The average Bonchev–Trinajstić information content (AvgIpc) is 3.02. The lowest BCUT2D eigenvalue weighted by Crippen LogP contribution is -2.06. The monoisotopic (exact) mass is 421 g/mol. The molecule has 0 bridgehead atoms. The molecule has 4 aromatic rings. The van der Waals surface area contributed by atoms with Gasteiger partial charge < -0.3 is 5.32 Å². The lowest BCUT2D eigenvalue weighted by molar-refractivity contribution is -0.114. The Kier molecular flexibility index (Phi) is 4.62. The van der Waals surface area contributed by atoms with Crippen LogP contribution in [-0.4, -0.2) is 5.91 Å². The SMILES string of the molecule is CC(=O)Nc1ccccc1-c1c(-c2ccc(Br)cc2)sc2ccccc12. The Morgan fingerprint density at radius 1 is 0.923 bits per heavy atom. The Labute approximate surface area is 164 Å². The number of fused-ring (bicyclic) bond motifs is 1. The number of para-hydroxylation sites is 1. The number of carbonyl (C=O) groups is 1. The number of thiophene rings is 1. The first kappa shape index (κ1) is 17.0. The number of anilines is 1. The molecule has 0 aliphatic rings. The second kappa shape index (κ2) is 7.06. The van der Waals surface area contributed by atoms with Gasteiger partial charge in [0.05, 0.1) is 0 Å². The van der Waals surface area contributed by atoms with E-state index in [4.69, 9.17) is 0 Å². The van der Waals surface area contributed by atoms with Crippen LogP contribution >= 0.6 is 27.3 Å². The zero-order valence-electron chi connectivity index (χ0n) is 14.1. The molecule has 0 radical (unpaired) electrons. The summed E-state index contributed by atoms with van der Waals surface area (Å²) in [4.78, 5) is 12.9. The Morgan fingerprint density at radius 2 is 1.62 bits per heavy atom. The summed E-state index contributed by atoms with van der Waals surface area (Å²) in [7, 11) is 0. The van der Waals surface area contributed by atoms with Crippen LogP contribution in [-0.2, 0) is 4.79 Å². The molecule has 0 saturated carbocycles. The Bertz CT molecular complexity index is 1100. The van der Waals surface area contributed by atoms with E-state index in [9.17, 15) is 4.79 Å². The first-order chi connectivity index (χ1) is 12.6. The molecule has 0 unspecified atom stereocenters. The molecule has 128 valence electrons. The number of benzene rings is 3. The highest BCUT2D eigenvalue weighted by atomic mass is 79.9. The van der Waals surface area contributed by atoms with Crippen LogP contribution in [0.25, 0.3) is 31.7 Å². The van der Waals surface area contributed by atoms with Crippen molar-refractivity contribution in [3.63, 3.8) is 0 Å². The van der Waals surface area contributed by atoms with Gasteiger partial charge in [-0.15, -0.1) is 11.3 Å². The van der Waals surface area contributed by atoms with E-state index in [0.29, 0.717) is 0 Å². The molecule has 1 aromatic heterocycles. The fourth-order valence-electron chi connectivity index (χ4n) is 3.12. The second-order valence-corrected chi connectivity index (χ2v) is 8.00. The van der Waals surface area contributed by atoms with E-state index in [1.165, 1.54) is 27.5 Å². The van der Waals surface area contributed by atoms with Crippen molar-refractivity contribution in [3.8, 4) is 21.6 Å². The lowest BCUT2D eigenvalue weighted by Gasteiger charge is -2.12. The fourth-order valence-corrected chi connectivity index (χ4v) is 4.60. The first-order valence-electron chi connectivity index (χ1n) is 8.28. The number of halogens is 1. The normalized spacial score (nSPS) is 10.8. The zero-order chi connectivity index (χ0) is 18.1. The summed E-state index contributed by atoms with van der Waals surface area (Å²) in [6.45, 7) is 1.54. The van der Waals surface area contributed by atoms with Crippen LogP contribution in [0.4, 0.5) is 5.69 Å². The maximum Gasteiger partial charge on any atom is 0.221 e. The number of nitrogens with one attached hydrogen (secondary N) is 1. The van der Waals surface area contributed by atoms with Gasteiger partial charge in [-0.3, -0.25) is 4.79 Å². The Balaban J connectivity index is 2.02. The second-order valence-electron chi connectivity index (χ2n) is 6.04.